The van der Waals surface area contributed by atoms with Gasteiger partial charge >= 0.3 is 0 Å². The Balaban J connectivity index is 1.64. The molecule has 0 atom stereocenters. The summed E-state index contributed by atoms with van der Waals surface area (Å²) in [5.74, 6) is 0.0664. The number of phenolic OH excluding ortho intramolecular Hbond substituents is 2. The third-order valence-corrected chi connectivity index (χ3v) is 4.08. The van der Waals surface area contributed by atoms with Gasteiger partial charge in [0, 0.05) is 30.0 Å². The highest BCUT2D eigenvalue weighted by atomic mass is 16.6. The van der Waals surface area contributed by atoms with Crippen LogP contribution in [0.5, 0.6) is 11.5 Å². The first kappa shape index (κ1) is 17.2. The quantitative estimate of drug-likeness (QED) is 0.306. The first-order valence-corrected chi connectivity index (χ1v) is 8.22. The van der Waals surface area contributed by atoms with Crippen molar-refractivity contribution in [3.63, 3.8) is 0 Å². The zero-order valence-electron chi connectivity index (χ0n) is 14.3. The van der Waals surface area contributed by atoms with Crippen LogP contribution in [0.2, 0.25) is 0 Å². The van der Waals surface area contributed by atoms with Crippen LogP contribution in [0.3, 0.4) is 0 Å². The van der Waals surface area contributed by atoms with Gasteiger partial charge in [-0.25, -0.2) is 4.98 Å². The lowest BCUT2D eigenvalue weighted by Crippen LogP contribution is -1.90. The van der Waals surface area contributed by atoms with Crippen LogP contribution in [-0.4, -0.2) is 26.3 Å². The van der Waals surface area contributed by atoms with Crippen molar-refractivity contribution in [1.29, 1.82) is 0 Å². The molecule has 2 N–H and O–H groups in total. The molecule has 138 valence electrons. The van der Waals surface area contributed by atoms with Gasteiger partial charge in [-0.15, -0.1) is 0 Å². The van der Waals surface area contributed by atoms with E-state index < -0.39 is 4.92 Å². The maximum Gasteiger partial charge on any atom is 0.270 e. The number of fused-ring (bicyclic) bond motifs is 1. The highest BCUT2D eigenvalue weighted by Gasteiger charge is 2.13. The lowest BCUT2D eigenvalue weighted by Gasteiger charge is -2.02. The minimum absolute atomic E-state index is 0.0792. The number of rotatable bonds is 4. The van der Waals surface area contributed by atoms with Crippen molar-refractivity contribution in [2.45, 2.75) is 0 Å². The van der Waals surface area contributed by atoms with E-state index >= 15 is 0 Å². The number of nitro groups is 1. The SMILES string of the molecule is O=[N+]([O-])c1ccc(O)c(C=Nc2ccc(-c3nc4ccccc4o3)c(O)c2)c1. The van der Waals surface area contributed by atoms with Crippen molar-refractivity contribution in [3.8, 4) is 23.0 Å². The molecule has 1 aromatic heterocycles. The van der Waals surface area contributed by atoms with Crippen LogP contribution in [0.1, 0.15) is 5.56 Å². The number of oxazole rings is 1. The van der Waals surface area contributed by atoms with Crippen LogP contribution in [0.15, 0.2) is 70.1 Å². The molecule has 0 radical (unpaired) electrons. The maximum atomic E-state index is 10.9. The van der Waals surface area contributed by atoms with E-state index in [4.69, 9.17) is 4.42 Å². The van der Waals surface area contributed by atoms with Gasteiger partial charge in [0.2, 0.25) is 5.89 Å². The highest BCUT2D eigenvalue weighted by molar-refractivity contribution is 5.86. The zero-order valence-corrected chi connectivity index (χ0v) is 14.3. The van der Waals surface area contributed by atoms with Gasteiger partial charge < -0.3 is 14.6 Å². The summed E-state index contributed by atoms with van der Waals surface area (Å²) in [5, 5.41) is 31.0. The molecule has 0 saturated heterocycles. The molecule has 0 saturated carbocycles. The molecule has 8 heteroatoms. The highest BCUT2D eigenvalue weighted by Crippen LogP contribution is 2.34. The Hall–Kier alpha value is -4.20. The van der Waals surface area contributed by atoms with E-state index in [1.165, 1.54) is 30.5 Å². The molecule has 0 bridgehead atoms. The molecule has 0 unspecified atom stereocenters. The van der Waals surface area contributed by atoms with E-state index in [1.807, 2.05) is 18.2 Å². The maximum absolute atomic E-state index is 10.9. The largest absolute Gasteiger partial charge is 0.507 e. The fourth-order valence-electron chi connectivity index (χ4n) is 2.67. The molecule has 0 amide bonds. The third kappa shape index (κ3) is 3.26. The summed E-state index contributed by atoms with van der Waals surface area (Å²) < 4.78 is 5.65. The standard InChI is InChI=1S/C20H13N3O5/c24-17-8-6-14(23(26)27)9-12(17)11-21-13-5-7-15(18(25)10-13)20-22-16-3-1-2-4-19(16)28-20/h1-11,24-25H. The molecule has 0 spiro atoms. The lowest BCUT2D eigenvalue weighted by molar-refractivity contribution is -0.384. The minimum atomic E-state index is -0.558. The average Bonchev–Trinajstić information content (AvgIpc) is 3.11. The number of aromatic hydroxyl groups is 2. The first-order chi connectivity index (χ1) is 13.5. The van der Waals surface area contributed by atoms with Gasteiger partial charge in [-0.05, 0) is 30.3 Å². The van der Waals surface area contributed by atoms with Crippen molar-refractivity contribution in [2.75, 3.05) is 0 Å². The van der Waals surface area contributed by atoms with E-state index in [0.29, 0.717) is 22.4 Å². The topological polar surface area (TPSA) is 122 Å². The number of benzene rings is 3. The summed E-state index contributed by atoms with van der Waals surface area (Å²) in [6, 6.07) is 15.6. The Labute approximate surface area is 158 Å². The number of aliphatic imine (C=N–C) groups is 1. The number of phenols is 2. The minimum Gasteiger partial charge on any atom is -0.507 e. The Morgan fingerprint density at radius 3 is 2.61 bits per heavy atom. The van der Waals surface area contributed by atoms with E-state index in [0.717, 1.165) is 0 Å². The van der Waals surface area contributed by atoms with Crippen LogP contribution in [-0.2, 0) is 0 Å². The molecule has 8 nitrogen and oxygen atoms in total. The Kier molecular flexibility index (Phi) is 4.21. The second-order valence-corrected chi connectivity index (χ2v) is 5.95. The molecule has 0 aliphatic heterocycles. The molecule has 4 aromatic rings. The van der Waals surface area contributed by atoms with Gasteiger partial charge in [-0.1, -0.05) is 12.1 Å². The van der Waals surface area contributed by atoms with Crippen molar-refractivity contribution < 1.29 is 19.6 Å². The smallest absolute Gasteiger partial charge is 0.270 e. The number of non-ortho nitro benzene ring substituents is 1. The molecule has 0 aliphatic rings. The van der Waals surface area contributed by atoms with Gasteiger partial charge in [-0.3, -0.25) is 15.1 Å². The average molecular weight is 375 g/mol. The van der Waals surface area contributed by atoms with E-state index in [2.05, 4.69) is 9.98 Å². The number of nitro benzene ring substituents is 1. The molecule has 1 heterocycles. The number of aromatic nitrogens is 1. The molecule has 0 aliphatic carbocycles. The van der Waals surface area contributed by atoms with Crippen molar-refractivity contribution in [3.05, 3.63) is 76.3 Å². The molecular weight excluding hydrogens is 362 g/mol. The summed E-state index contributed by atoms with van der Waals surface area (Å²) in [7, 11) is 0. The Morgan fingerprint density at radius 2 is 1.86 bits per heavy atom. The van der Waals surface area contributed by atoms with Gasteiger partial charge in [0.1, 0.15) is 17.0 Å². The van der Waals surface area contributed by atoms with Gasteiger partial charge in [-0.2, -0.15) is 0 Å². The van der Waals surface area contributed by atoms with Crippen LogP contribution in [0, 0.1) is 10.1 Å². The lowest BCUT2D eigenvalue weighted by atomic mass is 10.1. The summed E-state index contributed by atoms with van der Waals surface area (Å²) >= 11 is 0. The molecule has 0 fully saturated rings. The third-order valence-electron chi connectivity index (χ3n) is 4.08. The van der Waals surface area contributed by atoms with Crippen molar-refractivity contribution >= 4 is 28.7 Å². The summed E-state index contributed by atoms with van der Waals surface area (Å²) in [5.41, 5.74) is 2.13. The number of hydrogen-bond acceptors (Lipinski definition) is 7. The van der Waals surface area contributed by atoms with Crippen molar-refractivity contribution in [2.24, 2.45) is 4.99 Å². The van der Waals surface area contributed by atoms with Crippen LogP contribution >= 0.6 is 0 Å². The van der Waals surface area contributed by atoms with Gasteiger partial charge in [0.25, 0.3) is 5.69 Å². The second-order valence-electron chi connectivity index (χ2n) is 5.95. The summed E-state index contributed by atoms with van der Waals surface area (Å²) in [6.45, 7) is 0. The van der Waals surface area contributed by atoms with Gasteiger partial charge in [0.15, 0.2) is 5.58 Å². The summed E-state index contributed by atoms with van der Waals surface area (Å²) in [4.78, 5) is 18.8. The molecule has 4 rings (SSSR count). The number of para-hydroxylation sites is 2. The Morgan fingerprint density at radius 1 is 1.04 bits per heavy atom. The van der Waals surface area contributed by atoms with Gasteiger partial charge in [0.05, 0.1) is 16.2 Å². The second kappa shape index (κ2) is 6.84. The predicted molar refractivity (Wildman–Crippen MR) is 103 cm³/mol. The molecular formula is C20H13N3O5. The normalized spacial score (nSPS) is 11.3. The van der Waals surface area contributed by atoms with E-state index in [1.54, 1.807) is 18.2 Å². The zero-order chi connectivity index (χ0) is 19.7. The fourth-order valence-corrected chi connectivity index (χ4v) is 2.67. The Bertz CT molecular complexity index is 1200. The molecule has 28 heavy (non-hydrogen) atoms. The monoisotopic (exact) mass is 375 g/mol. The van der Waals surface area contributed by atoms with Crippen LogP contribution in [0.4, 0.5) is 11.4 Å². The first-order valence-electron chi connectivity index (χ1n) is 8.22. The van der Waals surface area contributed by atoms with E-state index in [-0.39, 0.29) is 28.6 Å². The fraction of sp³-hybridized carbons (Fsp3) is 0. The van der Waals surface area contributed by atoms with Crippen molar-refractivity contribution in [1.82, 2.24) is 4.98 Å². The number of nitrogens with zero attached hydrogens (tertiary/aromatic N) is 3. The van der Waals surface area contributed by atoms with E-state index in [9.17, 15) is 20.3 Å². The van der Waals surface area contributed by atoms with Crippen LogP contribution in [0.25, 0.3) is 22.6 Å². The number of hydrogen-bond donors (Lipinski definition) is 2. The summed E-state index contributed by atoms with van der Waals surface area (Å²) in [6.07, 6.45) is 1.29. The molecule has 3 aromatic carbocycles. The predicted octanol–water partition coefficient (Wildman–Crippen LogP) is 4.56. The van der Waals surface area contributed by atoms with Crippen LogP contribution < -0.4 is 0 Å².